The van der Waals surface area contributed by atoms with Crippen molar-refractivity contribution in [2.45, 2.75) is 36.6 Å². The number of hydrogen-bond acceptors (Lipinski definition) is 5. The van der Waals surface area contributed by atoms with Crippen LogP contribution in [-0.4, -0.2) is 15.2 Å². The molecule has 2 aromatic heterocycles. The van der Waals surface area contributed by atoms with Crippen molar-refractivity contribution in [1.82, 2.24) is 15.2 Å². The first-order valence-electron chi connectivity index (χ1n) is 6.16. The molecule has 19 heavy (non-hydrogen) atoms. The van der Waals surface area contributed by atoms with Crippen LogP contribution in [0.5, 0.6) is 0 Å². The molecule has 5 heteroatoms. The number of rotatable bonds is 4. The van der Waals surface area contributed by atoms with Crippen molar-refractivity contribution < 1.29 is 0 Å². The number of nitrogens with zero attached hydrogens (tertiary/aromatic N) is 4. The van der Waals surface area contributed by atoms with Crippen molar-refractivity contribution in [2.24, 2.45) is 0 Å². The van der Waals surface area contributed by atoms with E-state index in [4.69, 9.17) is 0 Å². The molecule has 0 aliphatic rings. The average molecular weight is 270 g/mol. The minimum atomic E-state index is 0.649. The standard InChI is InChI=1S/C14H14N4S/c1-3-11-12(9-15)14(18-17-13(11)4-2)19-10-5-7-16-8-6-10/h5-8H,3-4H2,1-2H3. The molecule has 96 valence electrons. The third-order valence-corrected chi connectivity index (χ3v) is 3.78. The number of hydrogen-bond donors (Lipinski definition) is 0. The van der Waals surface area contributed by atoms with Gasteiger partial charge in [0.2, 0.25) is 0 Å². The third-order valence-electron chi connectivity index (χ3n) is 2.79. The number of aromatic nitrogens is 3. The summed E-state index contributed by atoms with van der Waals surface area (Å²) in [6, 6.07) is 6.06. The lowest BCUT2D eigenvalue weighted by molar-refractivity contribution is 0.818. The molecule has 0 saturated heterocycles. The van der Waals surface area contributed by atoms with Crippen LogP contribution < -0.4 is 0 Å². The van der Waals surface area contributed by atoms with Gasteiger partial charge in [-0.3, -0.25) is 4.98 Å². The van der Waals surface area contributed by atoms with Crippen molar-refractivity contribution in [1.29, 1.82) is 5.26 Å². The van der Waals surface area contributed by atoms with Crippen molar-refractivity contribution >= 4 is 11.8 Å². The van der Waals surface area contributed by atoms with Crippen LogP contribution in [0.15, 0.2) is 34.4 Å². The molecule has 0 aliphatic carbocycles. The van der Waals surface area contributed by atoms with Gasteiger partial charge in [-0.1, -0.05) is 25.6 Å². The molecular formula is C14H14N4S. The quantitative estimate of drug-likeness (QED) is 0.854. The minimum Gasteiger partial charge on any atom is -0.265 e. The predicted octanol–water partition coefficient (Wildman–Crippen LogP) is 3.02. The van der Waals surface area contributed by atoms with Gasteiger partial charge < -0.3 is 0 Å². The second kappa shape index (κ2) is 6.30. The highest BCUT2D eigenvalue weighted by Gasteiger charge is 2.15. The fourth-order valence-corrected chi connectivity index (χ4v) is 2.69. The molecule has 0 unspecified atom stereocenters. The molecule has 0 atom stereocenters. The Morgan fingerprint density at radius 3 is 2.47 bits per heavy atom. The van der Waals surface area contributed by atoms with Crippen LogP contribution >= 0.6 is 11.8 Å². The number of aryl methyl sites for hydroxylation is 1. The molecule has 0 amide bonds. The van der Waals surface area contributed by atoms with E-state index < -0.39 is 0 Å². The van der Waals surface area contributed by atoms with Gasteiger partial charge in [0, 0.05) is 17.3 Å². The molecule has 4 nitrogen and oxygen atoms in total. The van der Waals surface area contributed by atoms with Gasteiger partial charge in [0.1, 0.15) is 11.1 Å². The summed E-state index contributed by atoms with van der Waals surface area (Å²) in [4.78, 5) is 4.98. The molecule has 0 spiro atoms. The van der Waals surface area contributed by atoms with Gasteiger partial charge >= 0.3 is 0 Å². The third kappa shape index (κ3) is 2.91. The molecule has 0 saturated carbocycles. The number of pyridine rings is 1. The summed E-state index contributed by atoms with van der Waals surface area (Å²) in [6.45, 7) is 4.07. The molecule has 0 bridgehead atoms. The van der Waals surface area contributed by atoms with Crippen molar-refractivity contribution in [3.63, 3.8) is 0 Å². The van der Waals surface area contributed by atoms with E-state index in [0.29, 0.717) is 10.6 Å². The van der Waals surface area contributed by atoms with Gasteiger partial charge in [0.25, 0.3) is 0 Å². The Morgan fingerprint density at radius 1 is 1.16 bits per heavy atom. The lowest BCUT2D eigenvalue weighted by Crippen LogP contribution is -2.04. The molecule has 0 aliphatic heterocycles. The predicted molar refractivity (Wildman–Crippen MR) is 73.9 cm³/mol. The maximum Gasteiger partial charge on any atom is 0.142 e. The zero-order valence-corrected chi connectivity index (χ0v) is 11.7. The highest BCUT2D eigenvalue weighted by atomic mass is 32.2. The largest absolute Gasteiger partial charge is 0.265 e. The van der Waals surface area contributed by atoms with Crippen molar-refractivity contribution in [3.05, 3.63) is 41.3 Å². The lowest BCUT2D eigenvalue weighted by atomic mass is 10.1. The maximum atomic E-state index is 9.38. The van der Waals surface area contributed by atoms with Crippen LogP contribution in [0.25, 0.3) is 0 Å². The second-order valence-corrected chi connectivity index (χ2v) is 4.97. The topological polar surface area (TPSA) is 62.5 Å². The van der Waals surface area contributed by atoms with Gasteiger partial charge in [0.15, 0.2) is 0 Å². The van der Waals surface area contributed by atoms with Crippen LogP contribution in [0.4, 0.5) is 0 Å². The summed E-state index contributed by atoms with van der Waals surface area (Å²) in [5.41, 5.74) is 2.57. The zero-order valence-electron chi connectivity index (χ0n) is 10.9. The van der Waals surface area contributed by atoms with E-state index in [1.54, 1.807) is 12.4 Å². The normalized spacial score (nSPS) is 10.2. The van der Waals surface area contributed by atoms with Crippen molar-refractivity contribution in [2.75, 3.05) is 0 Å². The molecular weight excluding hydrogens is 256 g/mol. The molecule has 0 N–H and O–H groups in total. The van der Waals surface area contributed by atoms with Crippen LogP contribution in [0.2, 0.25) is 0 Å². The Labute approximate surface area is 116 Å². The zero-order chi connectivity index (χ0) is 13.7. The first kappa shape index (κ1) is 13.5. The Hall–Kier alpha value is -1.93. The summed E-state index contributed by atoms with van der Waals surface area (Å²) in [5, 5.41) is 18.5. The monoisotopic (exact) mass is 270 g/mol. The summed E-state index contributed by atoms with van der Waals surface area (Å²) >= 11 is 1.45. The van der Waals surface area contributed by atoms with E-state index in [2.05, 4.69) is 21.3 Å². The second-order valence-electron chi connectivity index (χ2n) is 3.91. The summed E-state index contributed by atoms with van der Waals surface area (Å²) in [7, 11) is 0. The lowest BCUT2D eigenvalue weighted by Gasteiger charge is -2.09. The smallest absolute Gasteiger partial charge is 0.142 e. The van der Waals surface area contributed by atoms with Gasteiger partial charge in [-0.05, 0) is 30.5 Å². The molecule has 2 heterocycles. The molecule has 2 rings (SSSR count). The van der Waals surface area contributed by atoms with E-state index in [1.807, 2.05) is 26.0 Å². The van der Waals surface area contributed by atoms with Crippen molar-refractivity contribution in [3.8, 4) is 6.07 Å². The van der Waals surface area contributed by atoms with Crippen LogP contribution in [0.1, 0.15) is 30.7 Å². The fraction of sp³-hybridized carbons (Fsp3) is 0.286. The van der Waals surface area contributed by atoms with Gasteiger partial charge in [-0.2, -0.15) is 10.4 Å². The summed E-state index contributed by atoms with van der Waals surface area (Å²) in [5.74, 6) is 0. The summed E-state index contributed by atoms with van der Waals surface area (Å²) < 4.78 is 0. The Balaban J connectivity index is 2.44. The highest BCUT2D eigenvalue weighted by molar-refractivity contribution is 7.99. The summed E-state index contributed by atoms with van der Waals surface area (Å²) in [6.07, 6.45) is 5.04. The first-order valence-corrected chi connectivity index (χ1v) is 6.98. The van der Waals surface area contributed by atoms with Crippen LogP contribution in [0, 0.1) is 11.3 Å². The van der Waals surface area contributed by atoms with Gasteiger partial charge in [0.05, 0.1) is 11.3 Å². The van der Waals surface area contributed by atoms with E-state index in [9.17, 15) is 5.26 Å². The molecule has 0 fully saturated rings. The highest BCUT2D eigenvalue weighted by Crippen LogP contribution is 2.30. The number of nitriles is 1. The molecule has 2 aromatic rings. The van der Waals surface area contributed by atoms with E-state index in [1.165, 1.54) is 11.8 Å². The minimum absolute atomic E-state index is 0.649. The van der Waals surface area contributed by atoms with Gasteiger partial charge in [-0.15, -0.1) is 5.10 Å². The van der Waals surface area contributed by atoms with Gasteiger partial charge in [-0.25, -0.2) is 0 Å². The first-order chi connectivity index (χ1) is 9.30. The van der Waals surface area contributed by atoms with E-state index >= 15 is 0 Å². The Bertz CT molecular complexity index is 605. The Kier molecular flexibility index (Phi) is 4.48. The Morgan fingerprint density at radius 2 is 1.89 bits per heavy atom. The SMILES string of the molecule is CCc1nnc(Sc2ccncc2)c(C#N)c1CC. The average Bonchev–Trinajstić information content (AvgIpc) is 2.47. The van der Waals surface area contributed by atoms with Crippen LogP contribution in [0.3, 0.4) is 0 Å². The van der Waals surface area contributed by atoms with E-state index in [-0.39, 0.29) is 0 Å². The van der Waals surface area contributed by atoms with E-state index in [0.717, 1.165) is 29.0 Å². The molecule has 0 aromatic carbocycles. The van der Waals surface area contributed by atoms with Crippen LogP contribution in [-0.2, 0) is 12.8 Å². The molecule has 0 radical (unpaired) electrons. The maximum absolute atomic E-state index is 9.38. The fourth-order valence-electron chi connectivity index (χ4n) is 1.86.